The van der Waals surface area contributed by atoms with E-state index in [2.05, 4.69) is 36.8 Å². The van der Waals surface area contributed by atoms with Crippen LogP contribution in [0.5, 0.6) is 5.75 Å². The standard InChI is InChI=1S/C11H10Br2N2OS/c12-7-1-2-10(9(13)3-7)16-5-8-6-17-11(4-14)15-8/h1-3,6H,4-5,14H2. The quantitative estimate of drug-likeness (QED) is 0.883. The molecule has 17 heavy (non-hydrogen) atoms. The first kappa shape index (κ1) is 13.0. The van der Waals surface area contributed by atoms with E-state index in [1.165, 1.54) is 0 Å². The van der Waals surface area contributed by atoms with E-state index in [1.54, 1.807) is 11.3 Å². The first-order valence-corrected chi connectivity index (χ1v) is 7.37. The second kappa shape index (κ2) is 5.95. The lowest BCUT2D eigenvalue weighted by molar-refractivity contribution is 0.300. The van der Waals surface area contributed by atoms with E-state index in [-0.39, 0.29) is 0 Å². The summed E-state index contributed by atoms with van der Waals surface area (Å²) in [5, 5.41) is 2.90. The van der Waals surface area contributed by atoms with Crippen LogP contribution in [0.3, 0.4) is 0 Å². The summed E-state index contributed by atoms with van der Waals surface area (Å²) in [7, 11) is 0. The summed E-state index contributed by atoms with van der Waals surface area (Å²) in [6.45, 7) is 0.934. The van der Waals surface area contributed by atoms with Gasteiger partial charge in [0.25, 0.3) is 0 Å². The maximum absolute atomic E-state index is 5.67. The summed E-state index contributed by atoms with van der Waals surface area (Å²) in [6, 6.07) is 5.79. The molecule has 1 aromatic heterocycles. The van der Waals surface area contributed by atoms with Crippen molar-refractivity contribution in [1.82, 2.24) is 4.98 Å². The molecule has 0 unspecified atom stereocenters. The van der Waals surface area contributed by atoms with Crippen LogP contribution in [0.2, 0.25) is 0 Å². The maximum atomic E-state index is 5.67. The highest BCUT2D eigenvalue weighted by Crippen LogP contribution is 2.28. The number of thiazole rings is 1. The van der Waals surface area contributed by atoms with Gasteiger partial charge in [-0.25, -0.2) is 4.98 Å². The summed E-state index contributed by atoms with van der Waals surface area (Å²) in [5.74, 6) is 0.801. The van der Waals surface area contributed by atoms with Crippen LogP contribution in [0.25, 0.3) is 0 Å². The highest BCUT2D eigenvalue weighted by molar-refractivity contribution is 9.11. The molecule has 0 spiro atoms. The number of ether oxygens (including phenoxy) is 1. The fourth-order valence-corrected chi connectivity index (χ4v) is 3.07. The summed E-state index contributed by atoms with van der Waals surface area (Å²) in [6.07, 6.45) is 0. The number of hydrogen-bond donors (Lipinski definition) is 1. The molecule has 0 saturated carbocycles. The zero-order valence-corrected chi connectivity index (χ0v) is 12.8. The largest absolute Gasteiger partial charge is 0.486 e. The molecule has 0 bridgehead atoms. The van der Waals surface area contributed by atoms with Crippen molar-refractivity contribution in [1.29, 1.82) is 0 Å². The van der Waals surface area contributed by atoms with Crippen LogP contribution >= 0.6 is 43.2 Å². The molecule has 1 aromatic carbocycles. The Hall–Kier alpha value is -0.430. The van der Waals surface area contributed by atoms with Gasteiger partial charge in [-0.2, -0.15) is 0 Å². The normalized spacial score (nSPS) is 10.5. The van der Waals surface area contributed by atoms with Gasteiger partial charge >= 0.3 is 0 Å². The van der Waals surface area contributed by atoms with Crippen LogP contribution in [0.15, 0.2) is 32.5 Å². The molecule has 0 radical (unpaired) electrons. The van der Waals surface area contributed by atoms with E-state index in [0.717, 1.165) is 25.4 Å². The van der Waals surface area contributed by atoms with Gasteiger partial charge in [-0.15, -0.1) is 11.3 Å². The van der Waals surface area contributed by atoms with E-state index in [0.29, 0.717) is 13.2 Å². The highest BCUT2D eigenvalue weighted by Gasteiger charge is 2.04. The van der Waals surface area contributed by atoms with Crippen LogP contribution in [-0.4, -0.2) is 4.98 Å². The Bertz CT molecular complexity index is 516. The highest BCUT2D eigenvalue weighted by atomic mass is 79.9. The third-order valence-electron chi connectivity index (χ3n) is 2.04. The zero-order chi connectivity index (χ0) is 12.3. The Morgan fingerprint density at radius 3 is 2.82 bits per heavy atom. The number of aromatic nitrogens is 1. The smallest absolute Gasteiger partial charge is 0.134 e. The van der Waals surface area contributed by atoms with Gasteiger partial charge in [-0.3, -0.25) is 0 Å². The van der Waals surface area contributed by atoms with Gasteiger partial charge in [0.05, 0.1) is 10.2 Å². The molecule has 2 rings (SSSR count). The minimum atomic E-state index is 0.455. The minimum absolute atomic E-state index is 0.455. The Labute approximate surface area is 120 Å². The van der Waals surface area contributed by atoms with Crippen molar-refractivity contribution in [3.63, 3.8) is 0 Å². The molecule has 2 aromatic rings. The fourth-order valence-electron chi connectivity index (χ4n) is 1.25. The Balaban J connectivity index is 2.02. The summed E-state index contributed by atoms with van der Waals surface area (Å²) >= 11 is 8.40. The molecule has 3 nitrogen and oxygen atoms in total. The molecule has 0 aliphatic carbocycles. The monoisotopic (exact) mass is 376 g/mol. The molecular weight excluding hydrogens is 368 g/mol. The van der Waals surface area contributed by atoms with E-state index >= 15 is 0 Å². The number of rotatable bonds is 4. The summed E-state index contributed by atoms with van der Waals surface area (Å²) in [4.78, 5) is 4.33. The molecule has 90 valence electrons. The molecular formula is C11H10Br2N2OS. The lowest BCUT2D eigenvalue weighted by atomic mass is 10.3. The zero-order valence-electron chi connectivity index (χ0n) is 8.82. The van der Waals surface area contributed by atoms with E-state index in [1.807, 2.05) is 23.6 Å². The number of nitrogens with two attached hydrogens (primary N) is 1. The predicted octanol–water partition coefficient (Wildman–Crippen LogP) is 3.71. The number of halogens is 2. The minimum Gasteiger partial charge on any atom is -0.486 e. The summed E-state index contributed by atoms with van der Waals surface area (Å²) < 4.78 is 7.60. The molecule has 2 N–H and O–H groups in total. The predicted molar refractivity (Wildman–Crippen MR) is 76.2 cm³/mol. The topological polar surface area (TPSA) is 48.1 Å². The lowest BCUT2D eigenvalue weighted by Crippen LogP contribution is -1.99. The number of hydrogen-bond acceptors (Lipinski definition) is 4. The SMILES string of the molecule is NCc1nc(COc2ccc(Br)cc2Br)cs1. The van der Waals surface area contributed by atoms with E-state index in [4.69, 9.17) is 10.5 Å². The Kier molecular flexibility index (Phi) is 4.55. The van der Waals surface area contributed by atoms with Crippen LogP contribution in [0, 0.1) is 0 Å². The van der Waals surface area contributed by atoms with Crippen molar-refractivity contribution in [3.05, 3.63) is 43.2 Å². The van der Waals surface area contributed by atoms with Crippen molar-refractivity contribution in [2.75, 3.05) is 0 Å². The third-order valence-corrected chi connectivity index (χ3v) is 4.08. The molecule has 0 amide bonds. The number of benzene rings is 1. The molecule has 0 fully saturated rings. The first-order chi connectivity index (χ1) is 8.19. The summed E-state index contributed by atoms with van der Waals surface area (Å²) in [5.41, 5.74) is 6.41. The van der Waals surface area contributed by atoms with Gasteiger partial charge < -0.3 is 10.5 Å². The third kappa shape index (κ3) is 3.51. The van der Waals surface area contributed by atoms with Crippen molar-refractivity contribution in [3.8, 4) is 5.75 Å². The van der Waals surface area contributed by atoms with Gasteiger partial charge in [0, 0.05) is 16.4 Å². The molecule has 0 aliphatic rings. The second-order valence-corrected chi connectivity index (χ2v) is 6.01. The van der Waals surface area contributed by atoms with E-state index in [9.17, 15) is 0 Å². The van der Waals surface area contributed by atoms with Gasteiger partial charge in [0.2, 0.25) is 0 Å². The average Bonchev–Trinajstić information content (AvgIpc) is 2.76. The Morgan fingerprint density at radius 1 is 1.35 bits per heavy atom. The van der Waals surface area contributed by atoms with Crippen LogP contribution in [0.4, 0.5) is 0 Å². The first-order valence-electron chi connectivity index (χ1n) is 4.90. The molecule has 0 atom stereocenters. The van der Waals surface area contributed by atoms with Crippen molar-refractivity contribution < 1.29 is 4.74 Å². The van der Waals surface area contributed by atoms with Crippen molar-refractivity contribution in [2.24, 2.45) is 5.73 Å². The molecule has 6 heteroatoms. The lowest BCUT2D eigenvalue weighted by Gasteiger charge is -2.06. The van der Waals surface area contributed by atoms with Gasteiger partial charge in [0.1, 0.15) is 17.4 Å². The van der Waals surface area contributed by atoms with Gasteiger partial charge in [0.15, 0.2) is 0 Å². The van der Waals surface area contributed by atoms with Crippen LogP contribution in [0.1, 0.15) is 10.7 Å². The average molecular weight is 378 g/mol. The molecule has 1 heterocycles. The van der Waals surface area contributed by atoms with Gasteiger partial charge in [-0.1, -0.05) is 15.9 Å². The van der Waals surface area contributed by atoms with Crippen molar-refractivity contribution >= 4 is 43.2 Å². The maximum Gasteiger partial charge on any atom is 0.134 e. The van der Waals surface area contributed by atoms with Gasteiger partial charge in [-0.05, 0) is 34.1 Å². The van der Waals surface area contributed by atoms with Crippen molar-refractivity contribution in [2.45, 2.75) is 13.2 Å². The second-order valence-electron chi connectivity index (χ2n) is 3.30. The fraction of sp³-hybridized carbons (Fsp3) is 0.182. The Morgan fingerprint density at radius 2 is 2.18 bits per heavy atom. The number of nitrogens with zero attached hydrogens (tertiary/aromatic N) is 1. The molecule has 0 saturated heterocycles. The van der Waals surface area contributed by atoms with Crippen LogP contribution < -0.4 is 10.5 Å². The molecule has 0 aliphatic heterocycles. The van der Waals surface area contributed by atoms with Crippen LogP contribution in [-0.2, 0) is 13.2 Å². The van der Waals surface area contributed by atoms with E-state index < -0.39 is 0 Å².